The van der Waals surface area contributed by atoms with E-state index < -0.39 is 0 Å². The third-order valence-electron chi connectivity index (χ3n) is 3.99. The average molecular weight is 276 g/mol. The van der Waals surface area contributed by atoms with Gasteiger partial charge in [-0.1, -0.05) is 71.4 Å². The summed E-state index contributed by atoms with van der Waals surface area (Å²) >= 11 is 0. The predicted molar refractivity (Wildman–Crippen MR) is 89.0 cm³/mol. The van der Waals surface area contributed by atoms with E-state index in [2.05, 4.69) is 75.2 Å². The van der Waals surface area contributed by atoms with Gasteiger partial charge in [0.2, 0.25) is 0 Å². The second kappa shape index (κ2) is 9.15. The molecule has 0 heterocycles. The van der Waals surface area contributed by atoms with Crippen molar-refractivity contribution >= 4 is 0 Å². The molecule has 20 heavy (non-hydrogen) atoms. The lowest BCUT2D eigenvalue weighted by atomic mass is 10.0. The summed E-state index contributed by atoms with van der Waals surface area (Å²) in [6, 6.07) is 11.9. The molecular formula is C18H32N2. The Kier molecular flexibility index (Phi) is 7.86. The number of likely N-dealkylation sites (N-methyl/N-ethyl adjacent to an activating group) is 1. The lowest BCUT2D eigenvalue weighted by Crippen LogP contribution is -2.40. The maximum Gasteiger partial charge on any atom is 0.0472 e. The van der Waals surface area contributed by atoms with E-state index in [0.29, 0.717) is 12.1 Å². The van der Waals surface area contributed by atoms with Crippen molar-refractivity contribution in [1.82, 2.24) is 10.2 Å². The van der Waals surface area contributed by atoms with Crippen LogP contribution in [0, 0.1) is 5.92 Å². The summed E-state index contributed by atoms with van der Waals surface area (Å²) in [4.78, 5) is 2.61. The van der Waals surface area contributed by atoms with Gasteiger partial charge in [-0.3, -0.25) is 4.90 Å². The molecule has 0 amide bonds. The molecule has 0 spiro atoms. The molecule has 0 fully saturated rings. The summed E-state index contributed by atoms with van der Waals surface area (Å²) in [5.74, 6) is 0.750. The summed E-state index contributed by atoms with van der Waals surface area (Å²) in [7, 11) is 0. The minimum Gasteiger partial charge on any atom is -0.313 e. The maximum absolute atomic E-state index is 3.61. The molecule has 0 aliphatic heterocycles. The second-order valence-corrected chi connectivity index (χ2v) is 6.09. The van der Waals surface area contributed by atoms with Crippen molar-refractivity contribution in [2.75, 3.05) is 19.6 Å². The molecule has 1 rings (SSSR count). The van der Waals surface area contributed by atoms with E-state index in [0.717, 1.165) is 19.0 Å². The number of nitrogens with one attached hydrogen (secondary N) is 1. The Hall–Kier alpha value is -0.860. The van der Waals surface area contributed by atoms with Gasteiger partial charge in [-0.2, -0.15) is 0 Å². The second-order valence-electron chi connectivity index (χ2n) is 6.09. The summed E-state index contributed by atoms with van der Waals surface area (Å²) in [5, 5.41) is 3.61. The van der Waals surface area contributed by atoms with Gasteiger partial charge in [0, 0.05) is 25.2 Å². The molecule has 114 valence electrons. The van der Waals surface area contributed by atoms with Gasteiger partial charge >= 0.3 is 0 Å². The largest absolute Gasteiger partial charge is 0.313 e. The third kappa shape index (κ3) is 5.64. The third-order valence-corrected chi connectivity index (χ3v) is 3.99. The highest BCUT2D eigenvalue weighted by molar-refractivity contribution is 5.19. The van der Waals surface area contributed by atoms with E-state index in [9.17, 15) is 0 Å². The minimum absolute atomic E-state index is 0.470. The fourth-order valence-electron chi connectivity index (χ4n) is 2.49. The highest BCUT2D eigenvalue weighted by Crippen LogP contribution is 2.21. The summed E-state index contributed by atoms with van der Waals surface area (Å²) in [6.45, 7) is 14.6. The molecule has 1 aromatic carbocycles. The van der Waals surface area contributed by atoms with Crippen LogP contribution in [0.3, 0.4) is 0 Å². The molecule has 2 unspecified atom stereocenters. The first-order valence-electron chi connectivity index (χ1n) is 8.10. The molecule has 0 saturated carbocycles. The molecule has 0 saturated heterocycles. The number of hydrogen-bond acceptors (Lipinski definition) is 2. The summed E-state index contributed by atoms with van der Waals surface area (Å²) in [6.07, 6.45) is 1.25. The van der Waals surface area contributed by atoms with Crippen molar-refractivity contribution in [2.24, 2.45) is 5.92 Å². The average Bonchev–Trinajstić information content (AvgIpc) is 2.46. The monoisotopic (exact) mass is 276 g/mol. The quantitative estimate of drug-likeness (QED) is 0.730. The van der Waals surface area contributed by atoms with Crippen LogP contribution in [0.4, 0.5) is 0 Å². The van der Waals surface area contributed by atoms with E-state index in [1.165, 1.54) is 18.5 Å². The number of hydrogen-bond donors (Lipinski definition) is 1. The zero-order valence-electron chi connectivity index (χ0n) is 13.9. The van der Waals surface area contributed by atoms with E-state index in [1.807, 2.05) is 0 Å². The normalized spacial score (nSPS) is 14.8. The highest BCUT2D eigenvalue weighted by Gasteiger charge is 2.20. The summed E-state index contributed by atoms with van der Waals surface area (Å²) < 4.78 is 0. The predicted octanol–water partition coefficient (Wildman–Crippen LogP) is 4.09. The van der Waals surface area contributed by atoms with Crippen molar-refractivity contribution in [3.63, 3.8) is 0 Å². The van der Waals surface area contributed by atoms with Crippen molar-refractivity contribution in [3.8, 4) is 0 Å². The molecule has 0 aromatic heterocycles. The Morgan fingerprint density at radius 3 is 2.20 bits per heavy atom. The van der Waals surface area contributed by atoms with Gasteiger partial charge in [-0.05, 0) is 18.0 Å². The first kappa shape index (κ1) is 17.2. The first-order valence-corrected chi connectivity index (χ1v) is 8.10. The van der Waals surface area contributed by atoms with Gasteiger partial charge in [-0.25, -0.2) is 0 Å². The minimum atomic E-state index is 0.470. The Labute approximate surface area is 125 Å². The van der Waals surface area contributed by atoms with Crippen LogP contribution in [0.1, 0.15) is 52.6 Å². The molecule has 2 atom stereocenters. The molecule has 2 heteroatoms. The van der Waals surface area contributed by atoms with Crippen LogP contribution in [-0.4, -0.2) is 30.6 Å². The van der Waals surface area contributed by atoms with Crippen LogP contribution in [0.25, 0.3) is 0 Å². The Morgan fingerprint density at radius 1 is 1.05 bits per heavy atom. The fraction of sp³-hybridized carbons (Fsp3) is 0.667. The van der Waals surface area contributed by atoms with E-state index in [-0.39, 0.29) is 0 Å². The van der Waals surface area contributed by atoms with Crippen LogP contribution >= 0.6 is 0 Å². The maximum atomic E-state index is 3.61. The SMILES string of the molecule is CCC(C)CN(CC)C(CNC(C)C)c1ccccc1. The van der Waals surface area contributed by atoms with Crippen LogP contribution in [-0.2, 0) is 0 Å². The topological polar surface area (TPSA) is 15.3 Å². The molecule has 0 radical (unpaired) electrons. The van der Waals surface area contributed by atoms with Gasteiger partial charge in [0.15, 0.2) is 0 Å². The van der Waals surface area contributed by atoms with Crippen molar-refractivity contribution in [2.45, 2.75) is 53.1 Å². The molecule has 1 aromatic rings. The van der Waals surface area contributed by atoms with Crippen LogP contribution in [0.5, 0.6) is 0 Å². The van der Waals surface area contributed by atoms with Crippen LogP contribution < -0.4 is 5.32 Å². The van der Waals surface area contributed by atoms with E-state index in [1.54, 1.807) is 0 Å². The summed E-state index contributed by atoms with van der Waals surface area (Å²) in [5.41, 5.74) is 1.42. The lowest BCUT2D eigenvalue weighted by molar-refractivity contribution is 0.172. The van der Waals surface area contributed by atoms with Crippen molar-refractivity contribution in [1.29, 1.82) is 0 Å². The van der Waals surface area contributed by atoms with Gasteiger partial charge < -0.3 is 5.32 Å². The Balaban J connectivity index is 2.84. The Bertz CT molecular complexity index is 348. The van der Waals surface area contributed by atoms with Crippen LogP contribution in [0.15, 0.2) is 30.3 Å². The zero-order chi connectivity index (χ0) is 15.0. The number of rotatable bonds is 9. The molecule has 0 aliphatic carbocycles. The molecule has 0 bridgehead atoms. The number of benzene rings is 1. The van der Waals surface area contributed by atoms with Crippen molar-refractivity contribution in [3.05, 3.63) is 35.9 Å². The highest BCUT2D eigenvalue weighted by atomic mass is 15.2. The smallest absolute Gasteiger partial charge is 0.0472 e. The first-order chi connectivity index (χ1) is 9.58. The standard InChI is InChI=1S/C18H32N2/c1-6-16(5)14-20(7-2)18(13-19-15(3)4)17-11-9-8-10-12-17/h8-12,15-16,18-19H,6-7,13-14H2,1-5H3. The van der Waals surface area contributed by atoms with Crippen molar-refractivity contribution < 1.29 is 0 Å². The lowest BCUT2D eigenvalue weighted by Gasteiger charge is -2.33. The van der Waals surface area contributed by atoms with Gasteiger partial charge in [-0.15, -0.1) is 0 Å². The van der Waals surface area contributed by atoms with Gasteiger partial charge in [0.25, 0.3) is 0 Å². The molecular weight excluding hydrogens is 244 g/mol. The van der Waals surface area contributed by atoms with Gasteiger partial charge in [0.05, 0.1) is 0 Å². The fourth-order valence-corrected chi connectivity index (χ4v) is 2.49. The van der Waals surface area contributed by atoms with E-state index >= 15 is 0 Å². The zero-order valence-corrected chi connectivity index (χ0v) is 13.9. The number of nitrogens with zero attached hydrogens (tertiary/aromatic N) is 1. The van der Waals surface area contributed by atoms with E-state index in [4.69, 9.17) is 0 Å². The Morgan fingerprint density at radius 2 is 1.70 bits per heavy atom. The molecule has 2 nitrogen and oxygen atoms in total. The molecule has 1 N–H and O–H groups in total. The molecule has 0 aliphatic rings. The van der Waals surface area contributed by atoms with Gasteiger partial charge in [0.1, 0.15) is 0 Å². The van der Waals surface area contributed by atoms with Crippen LogP contribution in [0.2, 0.25) is 0 Å².